The van der Waals surface area contributed by atoms with Crippen molar-refractivity contribution in [2.24, 2.45) is 5.10 Å². The molecule has 0 spiro atoms. The Morgan fingerprint density at radius 2 is 2.11 bits per heavy atom. The van der Waals surface area contributed by atoms with Gasteiger partial charge in [-0.1, -0.05) is 12.1 Å². The molecule has 0 saturated carbocycles. The molecule has 100 valence electrons. The smallest absolute Gasteiger partial charge is 0.332 e. The summed E-state index contributed by atoms with van der Waals surface area (Å²) in [5, 5.41) is 23.5. The molecule has 0 aliphatic carbocycles. The van der Waals surface area contributed by atoms with Crippen molar-refractivity contribution in [1.82, 2.24) is 5.43 Å². The molecule has 1 atom stereocenters. The summed E-state index contributed by atoms with van der Waals surface area (Å²) in [4.78, 5) is 10.5. The Labute approximate surface area is 110 Å². The predicted molar refractivity (Wildman–Crippen MR) is 71.7 cm³/mol. The second kappa shape index (κ2) is 6.01. The molecule has 1 aliphatic heterocycles. The summed E-state index contributed by atoms with van der Waals surface area (Å²) >= 11 is 0. The summed E-state index contributed by atoms with van der Waals surface area (Å²) in [5.74, 6) is -1.18. The Morgan fingerprint density at radius 3 is 2.68 bits per heavy atom. The highest BCUT2D eigenvalue weighted by Gasteiger charge is 2.12. The first-order chi connectivity index (χ1) is 9.16. The molecule has 1 aliphatic rings. The maximum Gasteiger partial charge on any atom is 0.332 e. The van der Waals surface area contributed by atoms with Crippen molar-refractivity contribution in [2.45, 2.75) is 18.9 Å². The van der Waals surface area contributed by atoms with Gasteiger partial charge in [0.2, 0.25) is 0 Å². The van der Waals surface area contributed by atoms with Crippen LogP contribution in [0.5, 0.6) is 0 Å². The number of nitrogens with zero attached hydrogens (tertiary/aromatic N) is 2. The molecule has 0 saturated heterocycles. The third kappa shape index (κ3) is 3.56. The normalized spacial score (nSPS) is 15.1. The number of hydrazine groups is 1. The summed E-state index contributed by atoms with van der Waals surface area (Å²) < 4.78 is 0. The van der Waals surface area contributed by atoms with E-state index in [1.54, 1.807) is 23.6 Å². The van der Waals surface area contributed by atoms with Crippen LogP contribution in [0.3, 0.4) is 0 Å². The number of benzene rings is 1. The maximum atomic E-state index is 10.5. The highest BCUT2D eigenvalue weighted by molar-refractivity contribution is 5.73. The van der Waals surface area contributed by atoms with Crippen molar-refractivity contribution in [3.8, 4) is 0 Å². The SMILES string of the molecule is O=C(O)C(O)CCc1ccc(N2N=CC=CN2)cc1. The van der Waals surface area contributed by atoms with E-state index in [4.69, 9.17) is 5.11 Å². The number of aliphatic hydroxyl groups is 1. The molecule has 6 heteroatoms. The molecular formula is C13H15N3O3. The lowest BCUT2D eigenvalue weighted by Gasteiger charge is -2.20. The quantitative estimate of drug-likeness (QED) is 0.733. The number of aliphatic hydroxyl groups excluding tert-OH is 1. The van der Waals surface area contributed by atoms with E-state index in [0.29, 0.717) is 6.42 Å². The van der Waals surface area contributed by atoms with E-state index in [1.807, 2.05) is 24.3 Å². The first kappa shape index (κ1) is 13.1. The molecule has 3 N–H and O–H groups in total. The van der Waals surface area contributed by atoms with Gasteiger partial charge in [0, 0.05) is 6.20 Å². The van der Waals surface area contributed by atoms with E-state index in [9.17, 15) is 9.90 Å². The minimum absolute atomic E-state index is 0.206. The average molecular weight is 261 g/mol. The lowest BCUT2D eigenvalue weighted by Crippen LogP contribution is -2.30. The van der Waals surface area contributed by atoms with Gasteiger partial charge >= 0.3 is 5.97 Å². The van der Waals surface area contributed by atoms with Gasteiger partial charge in [-0.2, -0.15) is 10.2 Å². The van der Waals surface area contributed by atoms with Gasteiger partial charge in [-0.25, -0.2) is 4.79 Å². The van der Waals surface area contributed by atoms with Gasteiger partial charge in [-0.05, 0) is 36.6 Å². The summed E-state index contributed by atoms with van der Waals surface area (Å²) in [6.45, 7) is 0. The first-order valence-electron chi connectivity index (χ1n) is 5.92. The van der Waals surface area contributed by atoms with Crippen LogP contribution in [0, 0.1) is 0 Å². The number of hydrazone groups is 1. The number of anilines is 1. The zero-order chi connectivity index (χ0) is 13.7. The number of rotatable bonds is 5. The topological polar surface area (TPSA) is 85.2 Å². The number of hydrogen-bond donors (Lipinski definition) is 3. The Kier molecular flexibility index (Phi) is 4.15. The number of hydrogen-bond acceptors (Lipinski definition) is 5. The standard InChI is InChI=1S/C13H15N3O3/c17-12(13(18)19)7-4-10-2-5-11(6-3-10)16-14-8-1-9-15-16/h1-3,5-6,8-9,12,14,17H,4,7H2,(H,18,19). The molecule has 1 heterocycles. The monoisotopic (exact) mass is 261 g/mol. The van der Waals surface area contributed by atoms with Crippen LogP contribution < -0.4 is 10.5 Å². The minimum Gasteiger partial charge on any atom is -0.479 e. The van der Waals surface area contributed by atoms with Crippen LogP contribution in [0.25, 0.3) is 0 Å². The molecule has 2 rings (SSSR count). The molecular weight excluding hydrogens is 246 g/mol. The number of nitrogens with one attached hydrogen (secondary N) is 1. The third-order valence-corrected chi connectivity index (χ3v) is 2.73. The third-order valence-electron chi connectivity index (χ3n) is 2.73. The number of allylic oxidation sites excluding steroid dienone is 1. The van der Waals surface area contributed by atoms with Gasteiger partial charge in [-0.15, -0.1) is 0 Å². The summed E-state index contributed by atoms with van der Waals surface area (Å²) in [7, 11) is 0. The number of carboxylic acids is 1. The van der Waals surface area contributed by atoms with Crippen molar-refractivity contribution >= 4 is 17.9 Å². The van der Waals surface area contributed by atoms with Gasteiger partial charge in [-0.3, -0.25) is 5.43 Å². The zero-order valence-electron chi connectivity index (χ0n) is 10.2. The Morgan fingerprint density at radius 1 is 1.37 bits per heavy atom. The van der Waals surface area contributed by atoms with Crippen LogP contribution in [0.15, 0.2) is 41.6 Å². The van der Waals surface area contributed by atoms with Gasteiger partial charge in [0.05, 0.1) is 11.9 Å². The van der Waals surface area contributed by atoms with Crippen LogP contribution in [-0.2, 0) is 11.2 Å². The van der Waals surface area contributed by atoms with Crippen LogP contribution in [0.4, 0.5) is 5.69 Å². The molecule has 1 aromatic carbocycles. The molecule has 1 unspecified atom stereocenters. The Hall–Kier alpha value is -2.34. The zero-order valence-corrected chi connectivity index (χ0v) is 10.2. The molecule has 0 radical (unpaired) electrons. The van der Waals surface area contributed by atoms with Crippen molar-refractivity contribution in [2.75, 3.05) is 5.12 Å². The fourth-order valence-corrected chi connectivity index (χ4v) is 1.67. The predicted octanol–water partition coefficient (Wildman–Crippen LogP) is 0.889. The van der Waals surface area contributed by atoms with Crippen LogP contribution in [0.1, 0.15) is 12.0 Å². The first-order valence-corrected chi connectivity index (χ1v) is 5.92. The van der Waals surface area contributed by atoms with E-state index < -0.39 is 12.1 Å². The largest absolute Gasteiger partial charge is 0.479 e. The lowest BCUT2D eigenvalue weighted by atomic mass is 10.1. The number of carboxylic acid groups (broad SMARTS) is 1. The van der Waals surface area contributed by atoms with Gasteiger partial charge in [0.15, 0.2) is 6.10 Å². The summed E-state index contributed by atoms with van der Waals surface area (Å²) in [5.41, 5.74) is 4.81. The number of carbonyl (C=O) groups is 1. The van der Waals surface area contributed by atoms with Crippen LogP contribution in [0.2, 0.25) is 0 Å². The van der Waals surface area contributed by atoms with Gasteiger partial charge < -0.3 is 10.2 Å². The Bertz CT molecular complexity index is 496. The molecule has 0 fully saturated rings. The highest BCUT2D eigenvalue weighted by Crippen LogP contribution is 2.16. The van der Waals surface area contributed by atoms with E-state index in [-0.39, 0.29) is 6.42 Å². The van der Waals surface area contributed by atoms with Crippen molar-refractivity contribution in [3.63, 3.8) is 0 Å². The van der Waals surface area contributed by atoms with Crippen LogP contribution >= 0.6 is 0 Å². The molecule has 1 aromatic rings. The van der Waals surface area contributed by atoms with E-state index >= 15 is 0 Å². The summed E-state index contributed by atoms with van der Waals surface area (Å²) in [6, 6.07) is 7.54. The average Bonchev–Trinajstić information content (AvgIpc) is 2.46. The molecule has 0 bridgehead atoms. The second-order valence-corrected chi connectivity index (χ2v) is 4.12. The minimum atomic E-state index is -1.31. The second-order valence-electron chi connectivity index (χ2n) is 4.12. The van der Waals surface area contributed by atoms with Crippen LogP contribution in [-0.4, -0.2) is 28.5 Å². The molecule has 0 aromatic heterocycles. The van der Waals surface area contributed by atoms with E-state index in [2.05, 4.69) is 10.5 Å². The molecule has 6 nitrogen and oxygen atoms in total. The maximum absolute atomic E-state index is 10.5. The fraction of sp³-hybridized carbons (Fsp3) is 0.231. The highest BCUT2D eigenvalue weighted by atomic mass is 16.4. The number of aliphatic carboxylic acids is 1. The summed E-state index contributed by atoms with van der Waals surface area (Å²) in [6.07, 6.45) is 4.65. The van der Waals surface area contributed by atoms with Crippen molar-refractivity contribution in [3.05, 3.63) is 42.1 Å². The van der Waals surface area contributed by atoms with Gasteiger partial charge in [0.1, 0.15) is 0 Å². The van der Waals surface area contributed by atoms with Crippen molar-refractivity contribution in [1.29, 1.82) is 0 Å². The lowest BCUT2D eigenvalue weighted by molar-refractivity contribution is -0.146. The fourth-order valence-electron chi connectivity index (χ4n) is 1.67. The molecule has 0 amide bonds. The van der Waals surface area contributed by atoms with Crippen molar-refractivity contribution < 1.29 is 15.0 Å². The Balaban J connectivity index is 1.93. The van der Waals surface area contributed by atoms with E-state index in [1.165, 1.54) is 0 Å². The molecule has 19 heavy (non-hydrogen) atoms. The van der Waals surface area contributed by atoms with Gasteiger partial charge in [0.25, 0.3) is 0 Å². The van der Waals surface area contributed by atoms with E-state index in [0.717, 1.165) is 11.3 Å². The number of aryl methyl sites for hydroxylation is 1.